The summed E-state index contributed by atoms with van der Waals surface area (Å²) in [4.78, 5) is 32.6. The van der Waals surface area contributed by atoms with Crippen molar-refractivity contribution in [3.8, 4) is 0 Å². The molecule has 1 rings (SSSR count). The largest absolute Gasteiger partial charge is 0.475 e. The average molecular weight is 240 g/mol. The number of furan rings is 1. The highest BCUT2D eigenvalue weighted by Crippen LogP contribution is 2.08. The summed E-state index contributed by atoms with van der Waals surface area (Å²) in [7, 11) is 0. The van der Waals surface area contributed by atoms with E-state index in [0.717, 1.165) is 0 Å². The molecule has 0 aromatic carbocycles. The highest BCUT2D eigenvalue weighted by molar-refractivity contribution is 5.93. The molecule has 1 unspecified atom stereocenters. The predicted octanol–water partition coefficient (Wildman–Crippen LogP) is -0.0285. The maximum Gasteiger partial charge on any atom is 0.371 e. The van der Waals surface area contributed by atoms with Gasteiger partial charge in [0.2, 0.25) is 11.7 Å². The Balaban J connectivity index is 2.63. The van der Waals surface area contributed by atoms with E-state index in [0.29, 0.717) is 0 Å². The van der Waals surface area contributed by atoms with E-state index >= 15 is 0 Å². The van der Waals surface area contributed by atoms with Gasteiger partial charge in [0.25, 0.3) is 5.91 Å². The van der Waals surface area contributed by atoms with Gasteiger partial charge < -0.3 is 20.6 Å². The zero-order chi connectivity index (χ0) is 13.0. The summed E-state index contributed by atoms with van der Waals surface area (Å²) in [5.74, 6) is -2.83. The molecular weight excluding hydrogens is 228 g/mol. The van der Waals surface area contributed by atoms with E-state index < -0.39 is 23.8 Å². The average Bonchev–Trinajstić information content (AvgIpc) is 2.64. The standard InChI is InChI=1S/C10H12N2O5/c1-5(4-8(11)13)12-9(14)6-2-3-7(17-6)10(15)16/h2-3,5H,4H2,1H3,(H2,11,13)(H,12,14)(H,15,16). The second-order valence-corrected chi connectivity index (χ2v) is 3.51. The van der Waals surface area contributed by atoms with Crippen molar-refractivity contribution < 1.29 is 23.9 Å². The third kappa shape index (κ3) is 3.63. The molecule has 1 heterocycles. The van der Waals surface area contributed by atoms with Crippen LogP contribution in [0.5, 0.6) is 0 Å². The number of amides is 2. The van der Waals surface area contributed by atoms with E-state index in [1.165, 1.54) is 12.1 Å². The fraction of sp³-hybridized carbons (Fsp3) is 0.300. The first-order chi connectivity index (χ1) is 7.90. The molecule has 0 saturated heterocycles. The smallest absolute Gasteiger partial charge is 0.371 e. The summed E-state index contributed by atoms with van der Waals surface area (Å²) in [6.45, 7) is 1.60. The van der Waals surface area contributed by atoms with Crippen LogP contribution in [-0.4, -0.2) is 28.9 Å². The maximum atomic E-state index is 11.5. The van der Waals surface area contributed by atoms with Gasteiger partial charge in [-0.25, -0.2) is 4.79 Å². The Labute approximate surface area is 96.6 Å². The molecule has 0 aliphatic carbocycles. The number of nitrogens with one attached hydrogen (secondary N) is 1. The minimum Gasteiger partial charge on any atom is -0.475 e. The number of aromatic carboxylic acids is 1. The summed E-state index contributed by atoms with van der Waals surface area (Å²) in [6.07, 6.45) is -0.00175. The van der Waals surface area contributed by atoms with E-state index in [1.54, 1.807) is 6.92 Å². The Morgan fingerprint density at radius 1 is 1.41 bits per heavy atom. The molecule has 0 radical (unpaired) electrons. The van der Waals surface area contributed by atoms with Crippen LogP contribution in [0.2, 0.25) is 0 Å². The molecule has 1 aromatic rings. The van der Waals surface area contributed by atoms with Gasteiger partial charge in [0, 0.05) is 12.5 Å². The van der Waals surface area contributed by atoms with E-state index in [-0.39, 0.29) is 17.9 Å². The fourth-order valence-electron chi connectivity index (χ4n) is 1.22. The summed E-state index contributed by atoms with van der Waals surface area (Å²) >= 11 is 0. The van der Waals surface area contributed by atoms with Gasteiger partial charge in [0.1, 0.15) is 0 Å². The predicted molar refractivity (Wildman–Crippen MR) is 56.4 cm³/mol. The Bertz CT molecular complexity index is 451. The van der Waals surface area contributed by atoms with Gasteiger partial charge in [-0.15, -0.1) is 0 Å². The maximum absolute atomic E-state index is 11.5. The van der Waals surface area contributed by atoms with Crippen LogP contribution in [-0.2, 0) is 4.79 Å². The number of primary amides is 1. The summed E-state index contributed by atoms with van der Waals surface area (Å²) < 4.78 is 4.78. The van der Waals surface area contributed by atoms with Crippen LogP contribution in [0.1, 0.15) is 34.5 Å². The van der Waals surface area contributed by atoms with Crippen molar-refractivity contribution in [3.05, 3.63) is 23.7 Å². The van der Waals surface area contributed by atoms with Crippen LogP contribution < -0.4 is 11.1 Å². The second-order valence-electron chi connectivity index (χ2n) is 3.51. The molecule has 0 spiro atoms. The molecular formula is C10H12N2O5. The van der Waals surface area contributed by atoms with Gasteiger partial charge in [0.15, 0.2) is 5.76 Å². The molecule has 0 aliphatic rings. The lowest BCUT2D eigenvalue weighted by Gasteiger charge is -2.10. The summed E-state index contributed by atoms with van der Waals surface area (Å²) in [5, 5.41) is 11.0. The zero-order valence-corrected chi connectivity index (χ0v) is 9.10. The van der Waals surface area contributed by atoms with Gasteiger partial charge in [-0.1, -0.05) is 0 Å². The molecule has 0 saturated carbocycles. The molecule has 0 bridgehead atoms. The minimum atomic E-state index is -1.26. The third-order valence-corrected chi connectivity index (χ3v) is 1.93. The monoisotopic (exact) mass is 240 g/mol. The van der Waals surface area contributed by atoms with Crippen molar-refractivity contribution in [2.75, 3.05) is 0 Å². The summed E-state index contributed by atoms with van der Waals surface area (Å²) in [5.41, 5.74) is 4.96. The number of carbonyl (C=O) groups excluding carboxylic acids is 2. The van der Waals surface area contributed by atoms with Crippen LogP contribution in [0, 0.1) is 0 Å². The SMILES string of the molecule is CC(CC(N)=O)NC(=O)c1ccc(C(=O)O)o1. The Hall–Kier alpha value is -2.31. The van der Waals surface area contributed by atoms with Crippen LogP contribution >= 0.6 is 0 Å². The Kier molecular flexibility index (Phi) is 3.86. The molecule has 7 nitrogen and oxygen atoms in total. The fourth-order valence-corrected chi connectivity index (χ4v) is 1.22. The van der Waals surface area contributed by atoms with Crippen molar-refractivity contribution in [3.63, 3.8) is 0 Å². The molecule has 0 aliphatic heterocycles. The third-order valence-electron chi connectivity index (χ3n) is 1.93. The van der Waals surface area contributed by atoms with Crippen molar-refractivity contribution in [1.82, 2.24) is 5.32 Å². The number of hydrogen-bond donors (Lipinski definition) is 3. The lowest BCUT2D eigenvalue weighted by Crippen LogP contribution is -2.35. The number of carbonyl (C=O) groups is 3. The Morgan fingerprint density at radius 3 is 2.47 bits per heavy atom. The molecule has 7 heteroatoms. The molecule has 1 atom stereocenters. The zero-order valence-electron chi connectivity index (χ0n) is 9.10. The molecule has 1 aromatic heterocycles. The minimum absolute atomic E-state index is 0.00175. The van der Waals surface area contributed by atoms with E-state index in [9.17, 15) is 14.4 Å². The Morgan fingerprint density at radius 2 is 2.00 bits per heavy atom. The van der Waals surface area contributed by atoms with Crippen molar-refractivity contribution in [2.45, 2.75) is 19.4 Å². The first-order valence-electron chi connectivity index (χ1n) is 4.82. The summed E-state index contributed by atoms with van der Waals surface area (Å²) in [6, 6.07) is 1.98. The highest BCUT2D eigenvalue weighted by atomic mass is 16.4. The van der Waals surface area contributed by atoms with Crippen molar-refractivity contribution in [1.29, 1.82) is 0 Å². The normalized spacial score (nSPS) is 11.8. The lowest BCUT2D eigenvalue weighted by atomic mass is 10.2. The van der Waals surface area contributed by atoms with Gasteiger partial charge in [-0.05, 0) is 19.1 Å². The molecule has 2 amide bonds. The topological polar surface area (TPSA) is 123 Å². The van der Waals surface area contributed by atoms with Gasteiger partial charge in [-0.2, -0.15) is 0 Å². The lowest BCUT2D eigenvalue weighted by molar-refractivity contribution is -0.118. The van der Waals surface area contributed by atoms with Crippen LogP contribution in [0.15, 0.2) is 16.5 Å². The quantitative estimate of drug-likeness (QED) is 0.667. The number of carboxylic acid groups (broad SMARTS) is 1. The first kappa shape index (κ1) is 12.8. The first-order valence-corrected chi connectivity index (χ1v) is 4.82. The molecule has 17 heavy (non-hydrogen) atoms. The molecule has 0 fully saturated rings. The van der Waals surface area contributed by atoms with Gasteiger partial charge in [-0.3, -0.25) is 9.59 Å². The van der Waals surface area contributed by atoms with Crippen molar-refractivity contribution >= 4 is 17.8 Å². The number of carboxylic acids is 1. The molecule has 92 valence electrons. The van der Waals surface area contributed by atoms with Gasteiger partial charge >= 0.3 is 5.97 Å². The van der Waals surface area contributed by atoms with Crippen molar-refractivity contribution in [2.24, 2.45) is 5.73 Å². The number of rotatable bonds is 5. The van der Waals surface area contributed by atoms with E-state index in [1.807, 2.05) is 0 Å². The molecule has 4 N–H and O–H groups in total. The number of nitrogens with two attached hydrogens (primary N) is 1. The van der Waals surface area contributed by atoms with Gasteiger partial charge in [0.05, 0.1) is 0 Å². The van der Waals surface area contributed by atoms with Crippen LogP contribution in [0.4, 0.5) is 0 Å². The van der Waals surface area contributed by atoms with E-state index in [4.69, 9.17) is 15.3 Å². The van der Waals surface area contributed by atoms with Crippen LogP contribution in [0.3, 0.4) is 0 Å². The number of hydrogen-bond acceptors (Lipinski definition) is 4. The highest BCUT2D eigenvalue weighted by Gasteiger charge is 2.17. The second kappa shape index (κ2) is 5.15. The van der Waals surface area contributed by atoms with E-state index in [2.05, 4.69) is 5.32 Å². The van der Waals surface area contributed by atoms with Crippen LogP contribution in [0.25, 0.3) is 0 Å².